The van der Waals surface area contributed by atoms with Crippen molar-refractivity contribution in [3.8, 4) is 0 Å². The molecule has 1 aliphatic heterocycles. The summed E-state index contributed by atoms with van der Waals surface area (Å²) in [6.45, 7) is 1.50. The quantitative estimate of drug-likeness (QED) is 0.755. The predicted molar refractivity (Wildman–Crippen MR) is 62.6 cm³/mol. The Hall–Kier alpha value is -0.191. The fraction of sp³-hybridized carbons (Fsp3) is 0.727. The van der Waals surface area contributed by atoms with Crippen LogP contribution < -0.4 is 0 Å². The third-order valence-corrected chi connectivity index (χ3v) is 10.2. The molecule has 1 amide bonds. The van der Waals surface area contributed by atoms with E-state index in [1.54, 1.807) is 8.49 Å². The second-order valence-corrected chi connectivity index (χ2v) is 20.2. The molecule has 15 heavy (non-hydrogen) atoms. The van der Waals surface area contributed by atoms with E-state index in [2.05, 4.69) is 20.9 Å². The van der Waals surface area contributed by atoms with Gasteiger partial charge < -0.3 is 0 Å². The molecule has 0 aromatic rings. The van der Waals surface area contributed by atoms with Crippen LogP contribution in [-0.4, -0.2) is 47.6 Å². The molecule has 1 fully saturated rings. The van der Waals surface area contributed by atoms with Gasteiger partial charge in [-0.05, 0) is 0 Å². The molecule has 0 spiro atoms. The van der Waals surface area contributed by atoms with Crippen molar-refractivity contribution >= 4 is 24.5 Å². The number of carbonyl (C=O) groups is 1. The van der Waals surface area contributed by atoms with Crippen LogP contribution in [0.15, 0.2) is 9.67 Å². The van der Waals surface area contributed by atoms with Crippen molar-refractivity contribution in [2.45, 2.75) is 21.2 Å². The third kappa shape index (κ3) is 2.03. The fourth-order valence-electron chi connectivity index (χ4n) is 2.91. The average molecular weight is 316 g/mol. The molecule has 4 heteroatoms. The van der Waals surface area contributed by atoms with Crippen LogP contribution in [0.2, 0.25) is 14.8 Å². The molecule has 0 saturated carbocycles. The van der Waals surface area contributed by atoms with E-state index >= 15 is 0 Å². The van der Waals surface area contributed by atoms with E-state index in [1.165, 1.54) is 0 Å². The van der Waals surface area contributed by atoms with Crippen LogP contribution in [0.4, 0.5) is 4.79 Å². The van der Waals surface area contributed by atoms with Crippen LogP contribution in [0.5, 0.6) is 0 Å². The van der Waals surface area contributed by atoms with E-state index in [9.17, 15) is 4.79 Å². The number of amides is 1. The molecular weight excluding hydrogens is 297 g/mol. The second kappa shape index (κ2) is 3.68. The molecule has 3 nitrogen and oxygen atoms in total. The first kappa shape index (κ1) is 11.3. The Labute approximate surface area is 95.0 Å². The number of nitrogens with zero attached hydrogens (tertiary/aromatic N) is 1. The van der Waals surface area contributed by atoms with Crippen LogP contribution in [0.3, 0.4) is 0 Å². The third-order valence-electron chi connectivity index (χ3n) is 3.62. The van der Waals surface area contributed by atoms with Crippen LogP contribution in [0.25, 0.3) is 0 Å². The molecule has 2 unspecified atom stereocenters. The van der Waals surface area contributed by atoms with Crippen LogP contribution >= 0.6 is 0 Å². The SMILES string of the molecule is [CH3][Sn]([CH3])([CH3])[C]1=CCC2CN(C(=O)O)CC12. The summed E-state index contributed by atoms with van der Waals surface area (Å²) in [6.07, 6.45) is 2.79. The summed E-state index contributed by atoms with van der Waals surface area (Å²) in [4.78, 5) is 19.8. The van der Waals surface area contributed by atoms with E-state index in [-0.39, 0.29) is 0 Å². The van der Waals surface area contributed by atoms with Crippen molar-refractivity contribution in [3.05, 3.63) is 9.67 Å². The summed E-state index contributed by atoms with van der Waals surface area (Å²) in [5.74, 6) is 1.16. The monoisotopic (exact) mass is 317 g/mol. The van der Waals surface area contributed by atoms with E-state index in [1.807, 2.05) is 0 Å². The summed E-state index contributed by atoms with van der Waals surface area (Å²) in [7, 11) is 0. The van der Waals surface area contributed by atoms with Gasteiger partial charge in [-0.25, -0.2) is 0 Å². The summed E-state index contributed by atoms with van der Waals surface area (Å²) in [5.41, 5.74) is 0. The number of allylic oxidation sites excluding steroid dienone is 1. The Kier molecular flexibility index (Phi) is 2.77. The maximum atomic E-state index is 10.9. The standard InChI is InChI=1S/C8H10NO2.3CH3.Sn/c10-8(11)9-4-6-2-1-3-7(6)5-9;;;;/h1,6-7H,2,4-5H2,(H,10,11);3*1H3;. The zero-order valence-corrected chi connectivity index (χ0v) is 12.5. The number of rotatable bonds is 1. The predicted octanol–water partition coefficient (Wildman–Crippen LogP) is 2.42. The van der Waals surface area contributed by atoms with Crippen molar-refractivity contribution < 1.29 is 9.90 Å². The molecular formula is C11H19NO2Sn. The van der Waals surface area contributed by atoms with Gasteiger partial charge in [0.25, 0.3) is 0 Å². The minimum atomic E-state index is -1.96. The molecule has 0 radical (unpaired) electrons. The van der Waals surface area contributed by atoms with Crippen molar-refractivity contribution in [2.24, 2.45) is 11.8 Å². The molecule has 2 aliphatic rings. The molecule has 1 heterocycles. The molecule has 0 bridgehead atoms. The van der Waals surface area contributed by atoms with E-state index in [4.69, 9.17) is 5.11 Å². The molecule has 1 N–H and O–H groups in total. The summed E-state index contributed by atoms with van der Waals surface area (Å²) < 4.78 is 1.66. The Morgan fingerprint density at radius 1 is 1.47 bits per heavy atom. The Bertz CT molecular complexity index is 319. The number of likely N-dealkylation sites (tertiary alicyclic amines) is 1. The van der Waals surface area contributed by atoms with E-state index in [0.29, 0.717) is 11.8 Å². The summed E-state index contributed by atoms with van der Waals surface area (Å²) in [6, 6.07) is 0. The van der Waals surface area contributed by atoms with Gasteiger partial charge in [0.05, 0.1) is 0 Å². The summed E-state index contributed by atoms with van der Waals surface area (Å²) >= 11 is -1.96. The zero-order valence-electron chi connectivity index (χ0n) is 9.66. The zero-order chi connectivity index (χ0) is 11.2. The maximum absolute atomic E-state index is 10.9. The minimum absolute atomic E-state index is 0.567. The second-order valence-electron chi connectivity index (χ2n) is 5.70. The Balaban J connectivity index is 2.13. The fourth-order valence-corrected chi connectivity index (χ4v) is 9.10. The van der Waals surface area contributed by atoms with Gasteiger partial charge in [0.1, 0.15) is 0 Å². The van der Waals surface area contributed by atoms with Gasteiger partial charge in [0.2, 0.25) is 0 Å². The van der Waals surface area contributed by atoms with Crippen molar-refractivity contribution in [3.63, 3.8) is 0 Å². The van der Waals surface area contributed by atoms with Gasteiger partial charge in [-0.1, -0.05) is 0 Å². The molecule has 2 rings (SSSR count). The number of fused-ring (bicyclic) bond motifs is 1. The van der Waals surface area contributed by atoms with Gasteiger partial charge in [-0.2, -0.15) is 0 Å². The van der Waals surface area contributed by atoms with Gasteiger partial charge >= 0.3 is 95.1 Å². The van der Waals surface area contributed by atoms with Gasteiger partial charge in [0, 0.05) is 0 Å². The van der Waals surface area contributed by atoms with Crippen molar-refractivity contribution in [1.82, 2.24) is 4.90 Å². The first-order chi connectivity index (χ1) is 6.89. The van der Waals surface area contributed by atoms with Crippen molar-refractivity contribution in [1.29, 1.82) is 0 Å². The average Bonchev–Trinajstić information content (AvgIpc) is 2.56. The first-order valence-electron chi connectivity index (χ1n) is 5.58. The van der Waals surface area contributed by atoms with E-state index in [0.717, 1.165) is 19.5 Å². The first-order valence-corrected chi connectivity index (χ1v) is 15.6. The van der Waals surface area contributed by atoms with Crippen LogP contribution in [0, 0.1) is 11.8 Å². The normalized spacial score (nSPS) is 30.3. The molecule has 1 saturated heterocycles. The van der Waals surface area contributed by atoms with Gasteiger partial charge in [-0.15, -0.1) is 0 Å². The van der Waals surface area contributed by atoms with Crippen molar-refractivity contribution in [2.75, 3.05) is 13.1 Å². The summed E-state index contributed by atoms with van der Waals surface area (Å²) in [5, 5.41) is 8.98. The number of hydrogen-bond acceptors (Lipinski definition) is 1. The van der Waals surface area contributed by atoms with Gasteiger partial charge in [-0.3, -0.25) is 0 Å². The molecule has 1 aliphatic carbocycles. The number of carboxylic acid groups (broad SMARTS) is 1. The van der Waals surface area contributed by atoms with Crippen LogP contribution in [0.1, 0.15) is 6.42 Å². The molecule has 0 aromatic carbocycles. The van der Waals surface area contributed by atoms with Crippen LogP contribution in [-0.2, 0) is 0 Å². The molecule has 84 valence electrons. The topological polar surface area (TPSA) is 40.5 Å². The van der Waals surface area contributed by atoms with E-state index < -0.39 is 24.5 Å². The molecule has 0 aromatic heterocycles. The van der Waals surface area contributed by atoms with Gasteiger partial charge in [0.15, 0.2) is 0 Å². The Morgan fingerprint density at radius 2 is 2.13 bits per heavy atom. The number of hydrogen-bond donors (Lipinski definition) is 1. The Morgan fingerprint density at radius 3 is 2.67 bits per heavy atom. The molecule has 2 atom stereocenters.